The van der Waals surface area contributed by atoms with Gasteiger partial charge in [-0.2, -0.15) is 25.6 Å². The molecule has 1 atom stereocenters. The van der Waals surface area contributed by atoms with Gasteiger partial charge in [0.15, 0.2) is 25.4 Å². The number of rotatable bonds is 26. The van der Waals surface area contributed by atoms with Gasteiger partial charge in [0.1, 0.15) is 0 Å². The van der Waals surface area contributed by atoms with Gasteiger partial charge in [-0.3, -0.25) is 0 Å². The van der Waals surface area contributed by atoms with Crippen molar-refractivity contribution in [3.05, 3.63) is 86.5 Å². The van der Waals surface area contributed by atoms with Crippen LogP contribution in [0.3, 0.4) is 0 Å². The van der Waals surface area contributed by atoms with Crippen LogP contribution in [0.1, 0.15) is 77.8 Å². The summed E-state index contributed by atoms with van der Waals surface area (Å²) in [7, 11) is -34.4. The lowest BCUT2D eigenvalue weighted by Gasteiger charge is -2.35. The highest BCUT2D eigenvalue weighted by molar-refractivity contribution is 8.31. The second kappa shape index (κ2) is 21.7. The molecular weight excluding hydrogens is 1040 g/mol. The van der Waals surface area contributed by atoms with Crippen LogP contribution < -0.4 is 8.37 Å². The van der Waals surface area contributed by atoms with Crippen molar-refractivity contribution in [2.75, 3.05) is 42.7 Å². The van der Waals surface area contributed by atoms with Gasteiger partial charge in [-0.15, -0.1) is 0 Å². The second-order valence-corrected chi connectivity index (χ2v) is 31.6. The van der Waals surface area contributed by atoms with Crippen molar-refractivity contribution in [3.8, 4) is 11.5 Å². The SMILES string of the molecule is COCc1cc(C)cc(COC)c1OS(=O)(=O)C(C)(C)S(=O)(=O)C(S(=O)(=O)C(F)(F)S(=O)(=O)Oc1c(COC)cc(C)cc1COC)S(=O)(=O)C(C)(C)S(=O)(=O)c1c(COC)cc(C)cc1COC. The number of aryl methyl sites for hydroxylation is 3. The van der Waals surface area contributed by atoms with E-state index in [4.69, 9.17) is 36.8 Å². The number of ether oxygens (including phenoxy) is 6. The fourth-order valence-electron chi connectivity index (χ4n) is 7.05. The molecule has 20 nitrogen and oxygen atoms in total. The summed E-state index contributed by atoms with van der Waals surface area (Å²) in [5, 5.41) is 0. The van der Waals surface area contributed by atoms with Gasteiger partial charge >= 0.3 is 24.8 Å². The van der Waals surface area contributed by atoms with E-state index in [-0.39, 0.29) is 61.1 Å². The second-order valence-electron chi connectivity index (χ2n) is 16.6. The van der Waals surface area contributed by atoms with Gasteiger partial charge < -0.3 is 36.8 Å². The fraction of sp³-hybridized carbons (Fsp3) is 0.561. The Balaban J connectivity index is 2.60. The molecule has 3 aromatic carbocycles. The molecular formula is C41H58F2O20S6. The summed E-state index contributed by atoms with van der Waals surface area (Å²) in [5.41, 5.74) is -0.103. The molecule has 0 spiro atoms. The lowest BCUT2D eigenvalue weighted by atomic mass is 10.1. The largest absolute Gasteiger partial charge is 0.483 e. The van der Waals surface area contributed by atoms with Crippen LogP contribution in [0, 0.1) is 20.8 Å². The molecule has 3 rings (SSSR count). The molecule has 3 aromatic rings. The maximum Gasteiger partial charge on any atom is 0.483 e. The molecule has 0 saturated carbocycles. The molecule has 0 N–H and O–H groups in total. The van der Waals surface area contributed by atoms with Crippen LogP contribution in [0.15, 0.2) is 41.3 Å². The summed E-state index contributed by atoms with van der Waals surface area (Å²) in [6, 6.07) is 7.52. The third-order valence-electron chi connectivity index (χ3n) is 10.6. The average molecular weight is 1100 g/mol. The van der Waals surface area contributed by atoms with Crippen molar-refractivity contribution in [1.82, 2.24) is 0 Å². The Bertz CT molecular complexity index is 2860. The molecule has 0 fully saturated rings. The Kier molecular flexibility index (Phi) is 18.9. The van der Waals surface area contributed by atoms with E-state index in [1.807, 2.05) is 0 Å². The normalized spacial score (nSPS) is 14.2. The summed E-state index contributed by atoms with van der Waals surface area (Å²) < 4.78 is 233. The molecule has 0 radical (unpaired) electrons. The van der Waals surface area contributed by atoms with Gasteiger partial charge in [0.25, 0.3) is 13.8 Å². The van der Waals surface area contributed by atoms with Crippen LogP contribution in [0.2, 0.25) is 0 Å². The van der Waals surface area contributed by atoms with E-state index in [1.54, 1.807) is 6.92 Å². The van der Waals surface area contributed by atoms with E-state index < -0.39 is 132 Å². The third kappa shape index (κ3) is 11.2. The number of halogens is 2. The molecule has 0 aliphatic carbocycles. The Labute approximate surface area is 403 Å². The first-order chi connectivity index (χ1) is 31.5. The molecule has 69 heavy (non-hydrogen) atoms. The zero-order valence-corrected chi connectivity index (χ0v) is 45.1. The van der Waals surface area contributed by atoms with E-state index in [1.165, 1.54) is 64.5 Å². The van der Waals surface area contributed by atoms with E-state index >= 15 is 25.6 Å². The average Bonchev–Trinajstić information content (AvgIpc) is 3.20. The quantitative estimate of drug-likeness (QED) is 0.0991. The maximum atomic E-state index is 17.1. The number of sulfone groups is 4. The highest BCUT2D eigenvalue weighted by atomic mass is 32.4. The van der Waals surface area contributed by atoms with Crippen molar-refractivity contribution >= 4 is 59.6 Å². The summed E-state index contributed by atoms with van der Waals surface area (Å²) in [5.74, 6) is -1.65. The van der Waals surface area contributed by atoms with Crippen LogP contribution in [0.5, 0.6) is 11.5 Å². The first-order valence-corrected chi connectivity index (χ1v) is 29.0. The summed E-state index contributed by atoms with van der Waals surface area (Å²) in [4.78, 5) is -0.928. The molecule has 28 heteroatoms. The minimum absolute atomic E-state index is 0.0752. The Morgan fingerprint density at radius 3 is 0.986 bits per heavy atom. The monoisotopic (exact) mass is 1100 g/mol. The number of hydrogen-bond donors (Lipinski definition) is 0. The maximum absolute atomic E-state index is 17.1. The summed E-state index contributed by atoms with van der Waals surface area (Å²) >= 11 is 0. The van der Waals surface area contributed by atoms with Gasteiger partial charge in [-0.05, 0) is 83.9 Å². The highest BCUT2D eigenvalue weighted by Crippen LogP contribution is 2.48. The number of methoxy groups -OCH3 is 6. The molecule has 0 aliphatic heterocycles. The number of hydrogen-bond acceptors (Lipinski definition) is 20. The van der Waals surface area contributed by atoms with E-state index in [0.29, 0.717) is 16.7 Å². The molecule has 1 unspecified atom stereocenters. The van der Waals surface area contributed by atoms with Crippen molar-refractivity contribution in [1.29, 1.82) is 0 Å². The first-order valence-electron chi connectivity index (χ1n) is 20.0. The van der Waals surface area contributed by atoms with Crippen molar-refractivity contribution in [2.24, 2.45) is 0 Å². The van der Waals surface area contributed by atoms with Gasteiger partial charge in [0.05, 0.1) is 44.5 Å². The zero-order valence-electron chi connectivity index (χ0n) is 40.2. The van der Waals surface area contributed by atoms with E-state index in [0.717, 1.165) is 28.4 Å². The molecule has 0 saturated heterocycles. The van der Waals surface area contributed by atoms with Crippen molar-refractivity contribution < 1.29 is 96.1 Å². The van der Waals surface area contributed by atoms with Crippen LogP contribution in [0.25, 0.3) is 0 Å². The highest BCUT2D eigenvalue weighted by Gasteiger charge is 2.74. The molecule has 0 bridgehead atoms. The lowest BCUT2D eigenvalue weighted by Crippen LogP contribution is -2.61. The minimum atomic E-state index is -7.94. The van der Waals surface area contributed by atoms with E-state index in [2.05, 4.69) is 0 Å². The van der Waals surface area contributed by atoms with E-state index in [9.17, 15) is 33.7 Å². The molecule has 0 aromatic heterocycles. The Morgan fingerprint density at radius 1 is 0.420 bits per heavy atom. The Hall–Kier alpha value is -3.42. The predicted molar refractivity (Wildman–Crippen MR) is 248 cm³/mol. The standard InChI is InChI=1S/C41H58F2O20S6/c1-26-14-29(20-56-8)35(30(15-26)21-57-9)62-68(52,53)40(6,7)66(48,49)38(65(46,47)39(4,5)64(44,45)37-33(24-60-12)18-28(3)19-34(37)25-61-13)67(50,51)41(42,43)69(54,55)63-36-31(22-58-10)16-27(2)17-32(36)23-59-11/h14-19,38H,20-25H2,1-13H3. The van der Waals surface area contributed by atoms with Crippen LogP contribution in [-0.4, -0.2) is 110 Å². The van der Waals surface area contributed by atoms with Crippen LogP contribution in [-0.2, 0) is 128 Å². The molecule has 392 valence electrons. The van der Waals surface area contributed by atoms with Crippen LogP contribution in [0.4, 0.5) is 8.78 Å². The third-order valence-corrected chi connectivity index (χ3v) is 29.0. The smallest absolute Gasteiger partial charge is 0.381 e. The van der Waals surface area contributed by atoms with Crippen molar-refractivity contribution in [2.45, 2.75) is 110 Å². The molecule has 0 amide bonds. The molecule has 0 heterocycles. The summed E-state index contributed by atoms with van der Waals surface area (Å²) in [6.45, 7) is 2.33. The number of alkyl halides is 2. The van der Waals surface area contributed by atoms with Gasteiger partial charge in [-0.25, -0.2) is 33.7 Å². The minimum Gasteiger partial charge on any atom is -0.381 e. The first kappa shape index (κ1) is 59.9. The van der Waals surface area contributed by atoms with Gasteiger partial charge in [0, 0.05) is 64.9 Å². The molecule has 0 aliphatic rings. The number of benzene rings is 3. The topological polar surface area (TPSA) is 279 Å². The predicted octanol–water partition coefficient (Wildman–Crippen LogP) is 4.63. The summed E-state index contributed by atoms with van der Waals surface area (Å²) in [6.07, 6.45) is 0. The van der Waals surface area contributed by atoms with Crippen LogP contribution >= 0.6 is 0 Å². The van der Waals surface area contributed by atoms with Crippen molar-refractivity contribution in [3.63, 3.8) is 0 Å². The van der Waals surface area contributed by atoms with Gasteiger partial charge in [-0.1, -0.05) is 28.8 Å². The Morgan fingerprint density at radius 2 is 0.681 bits per heavy atom. The lowest BCUT2D eigenvalue weighted by molar-refractivity contribution is 0.163. The van der Waals surface area contributed by atoms with Gasteiger partial charge in [0.2, 0.25) is 23.8 Å². The zero-order chi connectivity index (χ0) is 53.1. The fourth-order valence-corrected chi connectivity index (χ4v) is 24.3.